The first-order chi connectivity index (χ1) is 16.5. The molecule has 0 aliphatic heterocycles. The zero-order chi connectivity index (χ0) is 24.1. The van der Waals surface area contributed by atoms with Gasteiger partial charge >= 0.3 is 0 Å². The number of nitrogens with zero attached hydrogens (tertiary/aromatic N) is 2. The van der Waals surface area contributed by atoms with Crippen LogP contribution in [-0.4, -0.2) is 56.8 Å². The van der Waals surface area contributed by atoms with Crippen LogP contribution < -0.4 is 5.73 Å². The summed E-state index contributed by atoms with van der Waals surface area (Å²) in [4.78, 5) is 4.18. The molecular formula is C27H33N3O4. The molecule has 5 N–H and O–H groups in total. The predicted molar refractivity (Wildman–Crippen MR) is 132 cm³/mol. The van der Waals surface area contributed by atoms with Crippen molar-refractivity contribution >= 4 is 6.08 Å². The lowest BCUT2D eigenvalue weighted by Gasteiger charge is -2.16. The van der Waals surface area contributed by atoms with Crippen LogP contribution in [0.5, 0.6) is 0 Å². The fourth-order valence-corrected chi connectivity index (χ4v) is 4.11. The highest BCUT2D eigenvalue weighted by molar-refractivity contribution is 5.66. The molecule has 3 aromatic rings. The summed E-state index contributed by atoms with van der Waals surface area (Å²) in [7, 11) is 0. The Morgan fingerprint density at radius 3 is 2.38 bits per heavy atom. The standard InChI is InChI=1S/C27H33N3O4/c1-18(33)27-29-12-13-30(27)24(16-32)11-4-19-2-5-20(6-3-19)21-7-9-22(10-8-21)25-14-26(25)34-17-23(28)15-31/h2-13,18,23-26,31-33H,14-17,28H2,1H3/b11-4+/t18?,23?,24?,25-,26+/m0/s1. The van der Waals surface area contributed by atoms with E-state index in [1.807, 2.05) is 24.3 Å². The largest absolute Gasteiger partial charge is 0.395 e. The average molecular weight is 464 g/mol. The minimum atomic E-state index is -0.703. The van der Waals surface area contributed by atoms with Crippen molar-refractivity contribution in [3.63, 3.8) is 0 Å². The summed E-state index contributed by atoms with van der Waals surface area (Å²) in [5, 5.41) is 28.7. The molecule has 0 saturated heterocycles. The SMILES string of the molecule is CC(O)c1nccn1C(/C=C/c1ccc(-c2ccc([C@@H]3C[C@H]3OCC(N)CO)cc2)cc1)CO. The van der Waals surface area contributed by atoms with Crippen molar-refractivity contribution in [2.24, 2.45) is 5.73 Å². The summed E-state index contributed by atoms with van der Waals surface area (Å²) in [6.45, 7) is 1.91. The maximum atomic E-state index is 9.87. The zero-order valence-electron chi connectivity index (χ0n) is 19.4. The number of benzene rings is 2. The monoisotopic (exact) mass is 463 g/mol. The van der Waals surface area contributed by atoms with Gasteiger partial charge in [0.15, 0.2) is 0 Å². The molecule has 0 bridgehead atoms. The third-order valence-corrected chi connectivity index (χ3v) is 6.20. The molecule has 1 aliphatic carbocycles. The summed E-state index contributed by atoms with van der Waals surface area (Å²) >= 11 is 0. The molecule has 34 heavy (non-hydrogen) atoms. The van der Waals surface area contributed by atoms with Gasteiger partial charge in [0.05, 0.1) is 38.0 Å². The number of rotatable bonds is 11. The zero-order valence-corrected chi connectivity index (χ0v) is 19.4. The van der Waals surface area contributed by atoms with Crippen LogP contribution in [0.2, 0.25) is 0 Å². The van der Waals surface area contributed by atoms with Gasteiger partial charge in [-0.05, 0) is 35.6 Å². The maximum Gasteiger partial charge on any atom is 0.137 e. The third-order valence-electron chi connectivity index (χ3n) is 6.20. The highest BCUT2D eigenvalue weighted by atomic mass is 16.5. The molecule has 1 aliphatic rings. The van der Waals surface area contributed by atoms with Crippen molar-refractivity contribution in [3.05, 3.63) is 84.0 Å². The number of aliphatic hydroxyl groups is 3. The quantitative estimate of drug-likeness (QED) is 0.348. The number of hydrogen-bond acceptors (Lipinski definition) is 6. The van der Waals surface area contributed by atoms with Crippen LogP contribution in [0.3, 0.4) is 0 Å². The molecule has 180 valence electrons. The van der Waals surface area contributed by atoms with Gasteiger partial charge in [-0.1, -0.05) is 60.7 Å². The Hall–Kier alpha value is -2.81. The van der Waals surface area contributed by atoms with Crippen molar-refractivity contribution in [2.45, 2.75) is 43.6 Å². The van der Waals surface area contributed by atoms with E-state index in [-0.39, 0.29) is 31.4 Å². The first-order valence-corrected chi connectivity index (χ1v) is 11.7. The molecule has 1 aromatic heterocycles. The van der Waals surface area contributed by atoms with E-state index < -0.39 is 6.10 Å². The minimum Gasteiger partial charge on any atom is -0.395 e. The molecule has 0 amide bonds. The molecule has 0 spiro atoms. The van der Waals surface area contributed by atoms with Crippen LogP contribution in [0.15, 0.2) is 67.0 Å². The fraction of sp³-hybridized carbons (Fsp3) is 0.370. The van der Waals surface area contributed by atoms with Gasteiger partial charge in [0.1, 0.15) is 11.9 Å². The highest BCUT2D eigenvalue weighted by Gasteiger charge is 2.39. The van der Waals surface area contributed by atoms with Gasteiger partial charge in [-0.3, -0.25) is 0 Å². The van der Waals surface area contributed by atoms with Gasteiger partial charge in [-0.2, -0.15) is 0 Å². The summed E-state index contributed by atoms with van der Waals surface area (Å²) in [6, 6.07) is 16.2. The Morgan fingerprint density at radius 2 is 1.76 bits per heavy atom. The van der Waals surface area contributed by atoms with Crippen LogP contribution in [0, 0.1) is 0 Å². The molecular weight excluding hydrogens is 430 g/mol. The Bertz CT molecular complexity index is 1080. The molecule has 0 radical (unpaired) electrons. The maximum absolute atomic E-state index is 9.87. The van der Waals surface area contributed by atoms with E-state index in [0.717, 1.165) is 23.1 Å². The fourth-order valence-electron chi connectivity index (χ4n) is 4.11. The number of ether oxygens (including phenoxy) is 1. The number of hydrogen-bond donors (Lipinski definition) is 4. The van der Waals surface area contributed by atoms with E-state index in [1.165, 1.54) is 5.56 Å². The molecule has 1 heterocycles. The van der Waals surface area contributed by atoms with Crippen LogP contribution in [0.25, 0.3) is 17.2 Å². The first-order valence-electron chi connectivity index (χ1n) is 11.7. The number of imidazole rings is 1. The second-order valence-corrected chi connectivity index (χ2v) is 8.88. The first kappa shape index (κ1) is 24.3. The Labute approximate surface area is 200 Å². The van der Waals surface area contributed by atoms with Crippen molar-refractivity contribution in [3.8, 4) is 11.1 Å². The Morgan fingerprint density at radius 1 is 1.09 bits per heavy atom. The lowest BCUT2D eigenvalue weighted by atomic mass is 10.0. The van der Waals surface area contributed by atoms with Crippen molar-refractivity contribution in [1.29, 1.82) is 0 Å². The van der Waals surface area contributed by atoms with Gasteiger partial charge in [0, 0.05) is 18.3 Å². The number of aromatic nitrogens is 2. The van der Waals surface area contributed by atoms with Gasteiger partial charge in [-0.15, -0.1) is 0 Å². The second-order valence-electron chi connectivity index (χ2n) is 8.88. The molecule has 1 saturated carbocycles. The smallest absolute Gasteiger partial charge is 0.137 e. The van der Waals surface area contributed by atoms with Crippen molar-refractivity contribution < 1.29 is 20.1 Å². The van der Waals surface area contributed by atoms with Crippen molar-refractivity contribution in [1.82, 2.24) is 9.55 Å². The van der Waals surface area contributed by atoms with Crippen LogP contribution in [0.4, 0.5) is 0 Å². The Kier molecular flexibility index (Phi) is 7.92. The van der Waals surface area contributed by atoms with Crippen LogP contribution in [0.1, 0.15) is 48.4 Å². The average Bonchev–Trinajstić information content (AvgIpc) is 3.48. The second kappa shape index (κ2) is 11.1. The van der Waals surface area contributed by atoms with E-state index >= 15 is 0 Å². The summed E-state index contributed by atoms with van der Waals surface area (Å²) in [5.74, 6) is 0.928. The van der Waals surface area contributed by atoms with Gasteiger partial charge in [-0.25, -0.2) is 4.98 Å². The molecule has 5 atom stereocenters. The lowest BCUT2D eigenvalue weighted by Crippen LogP contribution is -2.30. The third kappa shape index (κ3) is 5.81. The summed E-state index contributed by atoms with van der Waals surface area (Å²) in [5.41, 5.74) is 10.3. The molecule has 2 aromatic carbocycles. The topological polar surface area (TPSA) is 114 Å². The van der Waals surface area contributed by atoms with E-state index in [2.05, 4.69) is 41.4 Å². The van der Waals surface area contributed by atoms with E-state index in [0.29, 0.717) is 18.3 Å². The minimum absolute atomic E-state index is 0.0583. The van der Waals surface area contributed by atoms with Crippen LogP contribution >= 0.6 is 0 Å². The highest BCUT2D eigenvalue weighted by Crippen LogP contribution is 2.43. The normalized spacial score (nSPS) is 20.4. The molecule has 7 heteroatoms. The van der Waals surface area contributed by atoms with E-state index in [9.17, 15) is 10.2 Å². The predicted octanol–water partition coefficient (Wildman–Crippen LogP) is 3.04. The summed E-state index contributed by atoms with van der Waals surface area (Å²) in [6.07, 6.45) is 7.75. The van der Waals surface area contributed by atoms with Crippen molar-refractivity contribution in [2.75, 3.05) is 19.8 Å². The van der Waals surface area contributed by atoms with Crippen LogP contribution in [-0.2, 0) is 4.74 Å². The number of nitrogens with two attached hydrogens (primary N) is 1. The number of aliphatic hydroxyl groups excluding tert-OH is 3. The molecule has 4 rings (SSSR count). The molecule has 7 nitrogen and oxygen atoms in total. The van der Waals surface area contributed by atoms with E-state index in [1.54, 1.807) is 23.9 Å². The Balaban J connectivity index is 1.36. The lowest BCUT2D eigenvalue weighted by molar-refractivity contribution is 0.0860. The molecule has 1 fully saturated rings. The van der Waals surface area contributed by atoms with Gasteiger partial charge in [0.2, 0.25) is 0 Å². The van der Waals surface area contributed by atoms with Gasteiger partial charge in [0.25, 0.3) is 0 Å². The molecule has 3 unspecified atom stereocenters. The summed E-state index contributed by atoms with van der Waals surface area (Å²) < 4.78 is 7.55. The van der Waals surface area contributed by atoms with E-state index in [4.69, 9.17) is 15.6 Å². The van der Waals surface area contributed by atoms with Gasteiger partial charge < -0.3 is 30.4 Å².